The highest BCUT2D eigenvalue weighted by Gasteiger charge is 2.30. The molecular weight excluding hydrogens is 230 g/mol. The van der Waals surface area contributed by atoms with Gasteiger partial charge in [-0.15, -0.1) is 0 Å². The van der Waals surface area contributed by atoms with Crippen LogP contribution in [0.15, 0.2) is 6.20 Å². The van der Waals surface area contributed by atoms with Crippen LogP contribution in [0.3, 0.4) is 0 Å². The fourth-order valence-electron chi connectivity index (χ4n) is 1.61. The Kier molecular flexibility index (Phi) is 3.55. The molecule has 0 bridgehead atoms. The molecule has 0 radical (unpaired) electrons. The van der Waals surface area contributed by atoms with Gasteiger partial charge in [-0.3, -0.25) is 4.57 Å². The molecule has 94 valence electrons. The Balaban J connectivity index is 1.81. The van der Waals surface area contributed by atoms with E-state index in [2.05, 4.69) is 4.98 Å². The molecule has 17 heavy (non-hydrogen) atoms. The monoisotopic (exact) mass is 243 g/mol. The van der Waals surface area contributed by atoms with Gasteiger partial charge in [-0.2, -0.15) is 0 Å². The van der Waals surface area contributed by atoms with Crippen molar-refractivity contribution in [1.29, 1.82) is 0 Å². The Labute approximate surface area is 97.2 Å². The van der Waals surface area contributed by atoms with Crippen LogP contribution < -0.4 is 4.74 Å². The molecule has 0 fully saturated rings. The number of ether oxygens (including phenoxy) is 3. The van der Waals surface area contributed by atoms with E-state index in [4.69, 9.17) is 14.2 Å². The maximum absolute atomic E-state index is 10.5. The number of imidazole rings is 1. The molecule has 1 aromatic rings. The van der Waals surface area contributed by atoms with Crippen LogP contribution in [-0.2, 0) is 16.0 Å². The molecule has 8 heteroatoms. The Bertz CT molecular complexity index is 382. The standard InChI is InChI=1S/C9H13N3O5/c1-15-6-16-3-2-7-4-11-5-8(12(13)14)10-9(11)17-7/h5,7H,2-4,6H2,1H3. The van der Waals surface area contributed by atoms with Crippen LogP contribution in [0, 0.1) is 10.1 Å². The Morgan fingerprint density at radius 1 is 1.76 bits per heavy atom. The maximum Gasteiger partial charge on any atom is 0.414 e. The largest absolute Gasteiger partial charge is 0.441 e. The second-order valence-electron chi connectivity index (χ2n) is 3.63. The lowest BCUT2D eigenvalue weighted by atomic mass is 10.3. The third-order valence-electron chi connectivity index (χ3n) is 2.37. The van der Waals surface area contributed by atoms with Gasteiger partial charge in [0, 0.05) is 18.5 Å². The van der Waals surface area contributed by atoms with E-state index in [1.165, 1.54) is 6.20 Å². The molecule has 0 saturated heterocycles. The zero-order chi connectivity index (χ0) is 12.3. The van der Waals surface area contributed by atoms with Gasteiger partial charge in [0.2, 0.25) is 0 Å². The summed E-state index contributed by atoms with van der Waals surface area (Å²) in [7, 11) is 1.56. The first kappa shape index (κ1) is 11.8. The van der Waals surface area contributed by atoms with Gasteiger partial charge in [0.25, 0.3) is 0 Å². The Morgan fingerprint density at radius 2 is 2.59 bits per heavy atom. The van der Waals surface area contributed by atoms with Crippen molar-refractivity contribution >= 4 is 5.82 Å². The molecule has 2 heterocycles. The summed E-state index contributed by atoms with van der Waals surface area (Å²) in [6, 6.07) is 0.299. The summed E-state index contributed by atoms with van der Waals surface area (Å²) >= 11 is 0. The number of rotatable bonds is 6. The lowest BCUT2D eigenvalue weighted by molar-refractivity contribution is -0.389. The first-order valence-electron chi connectivity index (χ1n) is 5.15. The number of hydrogen-bond acceptors (Lipinski definition) is 6. The number of hydrogen-bond donors (Lipinski definition) is 0. The second kappa shape index (κ2) is 5.11. The van der Waals surface area contributed by atoms with Crippen LogP contribution in [-0.4, -0.2) is 41.1 Å². The first-order valence-corrected chi connectivity index (χ1v) is 5.15. The van der Waals surface area contributed by atoms with Crippen LogP contribution in [0.25, 0.3) is 0 Å². The number of nitrogens with zero attached hydrogens (tertiary/aromatic N) is 3. The van der Waals surface area contributed by atoms with E-state index in [1.807, 2.05) is 0 Å². The van der Waals surface area contributed by atoms with Crippen molar-refractivity contribution in [3.8, 4) is 6.01 Å². The summed E-state index contributed by atoms with van der Waals surface area (Å²) in [5, 5.41) is 10.5. The van der Waals surface area contributed by atoms with E-state index >= 15 is 0 Å². The number of methoxy groups -OCH3 is 1. The maximum atomic E-state index is 10.5. The van der Waals surface area contributed by atoms with Crippen LogP contribution in [0.1, 0.15) is 6.42 Å². The quantitative estimate of drug-likeness (QED) is 0.314. The predicted octanol–water partition coefficient (Wildman–Crippen LogP) is 0.563. The molecule has 2 rings (SSSR count). The summed E-state index contributed by atoms with van der Waals surface area (Å²) < 4.78 is 17.0. The van der Waals surface area contributed by atoms with Crippen LogP contribution in [0.2, 0.25) is 0 Å². The molecule has 1 aliphatic rings. The van der Waals surface area contributed by atoms with Gasteiger partial charge in [0.05, 0.1) is 13.2 Å². The zero-order valence-electron chi connectivity index (χ0n) is 9.37. The minimum atomic E-state index is -0.536. The molecular formula is C9H13N3O5. The van der Waals surface area contributed by atoms with Crippen molar-refractivity contribution in [1.82, 2.24) is 9.55 Å². The van der Waals surface area contributed by atoms with Gasteiger partial charge < -0.3 is 24.3 Å². The lowest BCUT2D eigenvalue weighted by Gasteiger charge is -2.08. The number of aromatic nitrogens is 2. The number of fused-ring (bicyclic) bond motifs is 1. The summed E-state index contributed by atoms with van der Waals surface area (Å²) in [6.07, 6.45) is 2.03. The van der Waals surface area contributed by atoms with E-state index < -0.39 is 4.92 Å². The minimum Gasteiger partial charge on any atom is -0.441 e. The first-order chi connectivity index (χ1) is 8.20. The summed E-state index contributed by atoms with van der Waals surface area (Å²) in [5.74, 6) is -0.186. The van der Waals surface area contributed by atoms with Crippen molar-refractivity contribution in [2.45, 2.75) is 19.1 Å². The highest BCUT2D eigenvalue weighted by molar-refractivity contribution is 5.22. The minimum absolute atomic E-state index is 0.0461. The van der Waals surface area contributed by atoms with E-state index in [-0.39, 0.29) is 18.7 Å². The highest BCUT2D eigenvalue weighted by Crippen LogP contribution is 2.25. The third-order valence-corrected chi connectivity index (χ3v) is 2.37. The predicted molar refractivity (Wildman–Crippen MR) is 55.7 cm³/mol. The smallest absolute Gasteiger partial charge is 0.414 e. The molecule has 0 aromatic carbocycles. The highest BCUT2D eigenvalue weighted by atomic mass is 16.7. The van der Waals surface area contributed by atoms with Gasteiger partial charge in [0.15, 0.2) is 0 Å². The molecule has 1 aromatic heterocycles. The third kappa shape index (κ3) is 2.71. The summed E-state index contributed by atoms with van der Waals surface area (Å²) in [4.78, 5) is 13.7. The number of nitro groups is 1. The van der Waals surface area contributed by atoms with E-state index in [9.17, 15) is 10.1 Å². The lowest BCUT2D eigenvalue weighted by Crippen LogP contribution is -2.17. The average Bonchev–Trinajstić information content (AvgIpc) is 2.81. The fraction of sp³-hybridized carbons (Fsp3) is 0.667. The topological polar surface area (TPSA) is 88.7 Å². The Morgan fingerprint density at radius 3 is 3.24 bits per heavy atom. The second-order valence-corrected chi connectivity index (χ2v) is 3.63. The summed E-state index contributed by atoms with van der Waals surface area (Å²) in [6.45, 7) is 1.33. The molecule has 1 aliphatic heterocycles. The normalized spacial score (nSPS) is 17.8. The van der Waals surface area contributed by atoms with Gasteiger partial charge in [-0.25, -0.2) is 0 Å². The van der Waals surface area contributed by atoms with E-state index in [1.54, 1.807) is 11.7 Å². The molecule has 1 atom stereocenters. The van der Waals surface area contributed by atoms with E-state index in [0.717, 1.165) is 0 Å². The average molecular weight is 243 g/mol. The van der Waals surface area contributed by atoms with Crippen molar-refractivity contribution in [3.05, 3.63) is 16.3 Å². The Hall–Kier alpha value is -1.67. The van der Waals surface area contributed by atoms with Crippen molar-refractivity contribution in [3.63, 3.8) is 0 Å². The van der Waals surface area contributed by atoms with Gasteiger partial charge in [-0.1, -0.05) is 0 Å². The SMILES string of the molecule is COCOCCC1Cn2cc([N+](=O)[O-])nc2O1. The molecule has 0 amide bonds. The van der Waals surface area contributed by atoms with Gasteiger partial charge >= 0.3 is 11.8 Å². The van der Waals surface area contributed by atoms with Gasteiger partial charge in [0.1, 0.15) is 19.1 Å². The molecule has 0 spiro atoms. The molecule has 8 nitrogen and oxygen atoms in total. The van der Waals surface area contributed by atoms with Crippen LogP contribution in [0.4, 0.5) is 5.82 Å². The summed E-state index contributed by atoms with van der Waals surface area (Å²) in [5.41, 5.74) is 0. The fourth-order valence-corrected chi connectivity index (χ4v) is 1.61. The zero-order valence-corrected chi connectivity index (χ0v) is 9.37. The van der Waals surface area contributed by atoms with Gasteiger partial charge in [-0.05, 0) is 4.92 Å². The molecule has 0 N–H and O–H groups in total. The van der Waals surface area contributed by atoms with E-state index in [0.29, 0.717) is 25.6 Å². The molecule has 0 aliphatic carbocycles. The van der Waals surface area contributed by atoms with Crippen molar-refractivity contribution < 1.29 is 19.1 Å². The van der Waals surface area contributed by atoms with Crippen LogP contribution >= 0.6 is 0 Å². The van der Waals surface area contributed by atoms with Crippen molar-refractivity contribution in [2.24, 2.45) is 0 Å². The molecule has 0 saturated carbocycles. The van der Waals surface area contributed by atoms with Crippen molar-refractivity contribution in [2.75, 3.05) is 20.5 Å². The molecule has 1 unspecified atom stereocenters. The van der Waals surface area contributed by atoms with Crippen LogP contribution in [0.5, 0.6) is 6.01 Å².